The minimum atomic E-state index is -0.541. The van der Waals surface area contributed by atoms with E-state index >= 15 is 0 Å². The molecule has 0 aliphatic heterocycles. The van der Waals surface area contributed by atoms with Gasteiger partial charge in [0.25, 0.3) is 5.56 Å². The monoisotopic (exact) mass is 385 g/mol. The molecule has 0 saturated heterocycles. The van der Waals surface area contributed by atoms with Gasteiger partial charge in [-0.25, -0.2) is 9.07 Å². The van der Waals surface area contributed by atoms with Crippen molar-refractivity contribution < 1.29 is 13.9 Å². The quantitative estimate of drug-likeness (QED) is 0.481. The molecule has 1 heterocycles. The van der Waals surface area contributed by atoms with E-state index in [2.05, 4.69) is 16.7 Å². The molecule has 1 rings (SSSR count). The highest BCUT2D eigenvalue weighted by Gasteiger charge is 2.20. The molecule has 0 saturated carbocycles. The zero-order valence-corrected chi connectivity index (χ0v) is 16.3. The summed E-state index contributed by atoms with van der Waals surface area (Å²) in [6.45, 7) is 10.9. The van der Waals surface area contributed by atoms with Crippen LogP contribution in [-0.2, 0) is 10.3 Å². The van der Waals surface area contributed by atoms with Crippen LogP contribution >= 0.6 is 11.6 Å². The van der Waals surface area contributed by atoms with Gasteiger partial charge in [-0.15, -0.1) is 0 Å². The Morgan fingerprint density at radius 2 is 2.15 bits per heavy atom. The lowest BCUT2D eigenvalue weighted by molar-refractivity contribution is 0.141. The molecule has 6 nitrogen and oxygen atoms in total. The molecule has 8 heteroatoms. The summed E-state index contributed by atoms with van der Waals surface area (Å²) in [5.74, 6) is 0.192. The molecule has 0 aliphatic carbocycles. The lowest BCUT2D eigenvalue weighted by Crippen LogP contribution is -2.36. The smallest absolute Gasteiger partial charge is 0.289 e. The number of ether oxygens (including phenoxy) is 2. The maximum Gasteiger partial charge on any atom is 0.289 e. The molecule has 1 aromatic heterocycles. The van der Waals surface area contributed by atoms with Gasteiger partial charge in [0, 0.05) is 6.21 Å². The standard InChI is InChI=1S/C18H25ClFN3O3/c1-6-14(21-9-13(2)11-25-8-7-20)12-26-15-10-22-23(18(3,4)5)17(24)16(15)19/h6,9-10H,2,7-8,11-12H2,1,3-5H3/b14-6-,21-9?. The fourth-order valence-corrected chi connectivity index (χ4v) is 2.00. The fourth-order valence-electron chi connectivity index (χ4n) is 1.81. The second-order valence-electron chi connectivity index (χ2n) is 6.44. The fraction of sp³-hybridized carbons (Fsp3) is 0.500. The predicted molar refractivity (Wildman–Crippen MR) is 102 cm³/mol. The molecule has 0 atom stereocenters. The first-order valence-electron chi connectivity index (χ1n) is 8.12. The molecule has 26 heavy (non-hydrogen) atoms. The average Bonchev–Trinajstić information content (AvgIpc) is 2.57. The van der Waals surface area contributed by atoms with Crippen LogP contribution in [0.4, 0.5) is 4.39 Å². The topological polar surface area (TPSA) is 65.7 Å². The molecule has 0 N–H and O–H groups in total. The van der Waals surface area contributed by atoms with Crippen LogP contribution in [0.25, 0.3) is 0 Å². The van der Waals surface area contributed by atoms with E-state index in [0.717, 1.165) is 0 Å². The number of aromatic nitrogens is 2. The van der Waals surface area contributed by atoms with E-state index in [1.165, 1.54) is 17.1 Å². The van der Waals surface area contributed by atoms with Gasteiger partial charge in [-0.2, -0.15) is 5.10 Å². The third kappa shape index (κ3) is 6.72. The van der Waals surface area contributed by atoms with Crippen molar-refractivity contribution in [3.63, 3.8) is 0 Å². The van der Waals surface area contributed by atoms with E-state index in [9.17, 15) is 9.18 Å². The van der Waals surface area contributed by atoms with Gasteiger partial charge >= 0.3 is 0 Å². The molecule has 0 aromatic carbocycles. The summed E-state index contributed by atoms with van der Waals surface area (Å²) < 4.78 is 23.9. The highest BCUT2D eigenvalue weighted by Crippen LogP contribution is 2.21. The molecule has 1 aromatic rings. The lowest BCUT2D eigenvalue weighted by atomic mass is 10.1. The molecule has 0 unspecified atom stereocenters. The Bertz CT molecular complexity index is 736. The van der Waals surface area contributed by atoms with E-state index < -0.39 is 17.8 Å². The molecule has 0 aliphatic rings. The lowest BCUT2D eigenvalue weighted by Gasteiger charge is -2.21. The number of halogens is 2. The number of hydrogen-bond acceptors (Lipinski definition) is 5. The van der Waals surface area contributed by atoms with Gasteiger partial charge in [-0.05, 0) is 33.3 Å². The SMILES string of the molecule is C=C(C=N/C(=C\C)COc1cnn(C(C)(C)C)c(=O)c1Cl)COCCF. The summed E-state index contributed by atoms with van der Waals surface area (Å²) >= 11 is 6.11. The van der Waals surface area contributed by atoms with Crippen molar-refractivity contribution in [1.82, 2.24) is 9.78 Å². The van der Waals surface area contributed by atoms with Crippen LogP contribution in [0.5, 0.6) is 5.75 Å². The van der Waals surface area contributed by atoms with Crippen molar-refractivity contribution in [2.45, 2.75) is 33.2 Å². The van der Waals surface area contributed by atoms with Gasteiger partial charge in [0.1, 0.15) is 13.3 Å². The maximum atomic E-state index is 12.3. The zero-order chi connectivity index (χ0) is 19.7. The second kappa shape index (κ2) is 10.2. The van der Waals surface area contributed by atoms with Gasteiger partial charge in [0.05, 0.1) is 30.6 Å². The van der Waals surface area contributed by atoms with Gasteiger partial charge in [-0.1, -0.05) is 24.3 Å². The number of alkyl halides is 1. The molecule has 144 valence electrons. The molecule has 0 radical (unpaired) electrons. The van der Waals surface area contributed by atoms with Gasteiger partial charge in [0.15, 0.2) is 10.8 Å². The Labute approximate surface area is 158 Å². The van der Waals surface area contributed by atoms with E-state index in [-0.39, 0.29) is 30.6 Å². The molecule has 0 bridgehead atoms. The summed E-state index contributed by atoms with van der Waals surface area (Å²) in [6, 6.07) is 0. The molecular weight excluding hydrogens is 361 g/mol. The molecule has 0 fully saturated rings. The summed E-state index contributed by atoms with van der Waals surface area (Å²) in [7, 11) is 0. The third-order valence-corrected chi connectivity index (χ3v) is 3.50. The van der Waals surface area contributed by atoms with Crippen LogP contribution in [0.3, 0.4) is 0 Å². The van der Waals surface area contributed by atoms with Crippen molar-refractivity contribution in [3.8, 4) is 5.75 Å². The first-order valence-corrected chi connectivity index (χ1v) is 8.50. The van der Waals surface area contributed by atoms with Crippen molar-refractivity contribution in [2.24, 2.45) is 4.99 Å². The van der Waals surface area contributed by atoms with Gasteiger partial charge in [0.2, 0.25) is 0 Å². The highest BCUT2D eigenvalue weighted by molar-refractivity contribution is 6.31. The van der Waals surface area contributed by atoms with Crippen molar-refractivity contribution in [1.29, 1.82) is 0 Å². The van der Waals surface area contributed by atoms with Crippen LogP contribution in [0.15, 0.2) is 39.9 Å². The van der Waals surface area contributed by atoms with Crippen molar-refractivity contribution in [3.05, 3.63) is 45.5 Å². The maximum absolute atomic E-state index is 12.3. The Kier molecular flexibility index (Phi) is 8.68. The third-order valence-electron chi connectivity index (χ3n) is 3.15. The first kappa shape index (κ1) is 22.1. The number of hydrogen-bond donors (Lipinski definition) is 0. The Hall–Kier alpha value is -1.99. The van der Waals surface area contributed by atoms with Crippen LogP contribution < -0.4 is 10.3 Å². The van der Waals surface area contributed by atoms with E-state index in [0.29, 0.717) is 11.3 Å². The summed E-state index contributed by atoms with van der Waals surface area (Å²) in [5, 5.41) is 4.08. The Morgan fingerprint density at radius 3 is 2.73 bits per heavy atom. The minimum absolute atomic E-state index is 0.0258. The Balaban J connectivity index is 2.74. The summed E-state index contributed by atoms with van der Waals surface area (Å²) in [4.78, 5) is 16.5. The van der Waals surface area contributed by atoms with Crippen LogP contribution in [0.1, 0.15) is 27.7 Å². The summed E-state index contributed by atoms with van der Waals surface area (Å²) in [6.07, 6.45) is 4.69. The number of rotatable bonds is 9. The second-order valence-corrected chi connectivity index (χ2v) is 6.82. The van der Waals surface area contributed by atoms with E-state index in [1.807, 2.05) is 20.8 Å². The molecule has 0 spiro atoms. The number of aliphatic imine (C=N–C) groups is 1. The van der Waals surface area contributed by atoms with Gasteiger partial charge in [-0.3, -0.25) is 9.79 Å². The zero-order valence-electron chi connectivity index (χ0n) is 15.6. The van der Waals surface area contributed by atoms with Crippen molar-refractivity contribution >= 4 is 17.8 Å². The van der Waals surface area contributed by atoms with Crippen LogP contribution in [-0.4, -0.2) is 42.5 Å². The van der Waals surface area contributed by atoms with Gasteiger partial charge < -0.3 is 9.47 Å². The number of allylic oxidation sites excluding steroid dienone is 1. The highest BCUT2D eigenvalue weighted by atomic mass is 35.5. The van der Waals surface area contributed by atoms with Crippen LogP contribution in [0, 0.1) is 0 Å². The normalized spacial score (nSPS) is 12.6. The van der Waals surface area contributed by atoms with E-state index in [4.69, 9.17) is 21.1 Å². The Morgan fingerprint density at radius 1 is 1.46 bits per heavy atom. The predicted octanol–water partition coefficient (Wildman–Crippen LogP) is 3.55. The summed E-state index contributed by atoms with van der Waals surface area (Å²) in [5.41, 5.74) is 0.307. The average molecular weight is 386 g/mol. The largest absolute Gasteiger partial charge is 0.484 e. The first-order chi connectivity index (χ1) is 12.2. The van der Waals surface area contributed by atoms with Crippen LogP contribution in [0.2, 0.25) is 5.02 Å². The minimum Gasteiger partial charge on any atom is -0.484 e. The molecule has 0 amide bonds. The number of nitrogens with zero attached hydrogens (tertiary/aromatic N) is 3. The molecular formula is C18H25ClFN3O3. The van der Waals surface area contributed by atoms with Crippen molar-refractivity contribution in [2.75, 3.05) is 26.5 Å². The van der Waals surface area contributed by atoms with E-state index in [1.54, 1.807) is 13.0 Å².